The van der Waals surface area contributed by atoms with E-state index in [0.29, 0.717) is 5.56 Å². The molecule has 0 aliphatic carbocycles. The van der Waals surface area contributed by atoms with Crippen molar-refractivity contribution < 1.29 is 32.3 Å². The van der Waals surface area contributed by atoms with E-state index in [2.05, 4.69) is 10.3 Å². The number of rotatable bonds is 8. The van der Waals surface area contributed by atoms with Crippen LogP contribution in [0.3, 0.4) is 0 Å². The summed E-state index contributed by atoms with van der Waals surface area (Å²) in [5, 5.41) is 2.59. The van der Waals surface area contributed by atoms with Crippen LogP contribution in [-0.2, 0) is 40.3 Å². The predicted octanol–water partition coefficient (Wildman–Crippen LogP) is -1.60. The van der Waals surface area contributed by atoms with Gasteiger partial charge in [0.2, 0.25) is 21.8 Å². The van der Waals surface area contributed by atoms with Crippen molar-refractivity contribution in [3.63, 3.8) is 0 Å². The second-order valence-electron chi connectivity index (χ2n) is 6.81. The second-order valence-corrected chi connectivity index (χ2v) is 8.79. The average molecular weight is 442 g/mol. The number of piperazine rings is 1. The number of aromatic nitrogens is 1. The van der Waals surface area contributed by atoms with Crippen molar-refractivity contribution in [3.05, 3.63) is 30.1 Å². The number of carbonyl (C=O) groups is 3. The van der Waals surface area contributed by atoms with Gasteiger partial charge < -0.3 is 19.7 Å². The number of sulfonamides is 1. The number of ether oxygens (including phenoxy) is 2. The molecule has 0 aromatic carbocycles. The molecule has 2 atom stereocenters. The largest absolute Gasteiger partial charge is 0.467 e. The Morgan fingerprint density at radius 2 is 2.03 bits per heavy atom. The lowest BCUT2D eigenvalue weighted by molar-refractivity contribution is -0.149. The standard InChI is InChI=1S/C18H26N4O7S/c1-28-12-16(23)22-8-7-21(30(3,26)27)11-15(22)17(24)20-14(18(25)29-2)9-13-5-4-6-19-10-13/h4-6,10,14-15H,7-9,11-12H2,1-3H3,(H,20,24)/t14-,15+/m1/s1. The third-order valence-electron chi connectivity index (χ3n) is 4.67. The first-order valence-electron chi connectivity index (χ1n) is 9.18. The van der Waals surface area contributed by atoms with Crippen molar-refractivity contribution in [1.29, 1.82) is 0 Å². The summed E-state index contributed by atoms with van der Waals surface area (Å²) in [6.45, 7) is -0.382. The van der Waals surface area contributed by atoms with Crippen molar-refractivity contribution in [3.8, 4) is 0 Å². The number of carbonyl (C=O) groups excluding carboxylic acids is 3. The van der Waals surface area contributed by atoms with E-state index in [9.17, 15) is 22.8 Å². The summed E-state index contributed by atoms with van der Waals surface area (Å²) >= 11 is 0. The number of nitrogens with zero attached hydrogens (tertiary/aromatic N) is 3. The van der Waals surface area contributed by atoms with Crippen LogP contribution < -0.4 is 5.32 Å². The van der Waals surface area contributed by atoms with Crippen molar-refractivity contribution in [1.82, 2.24) is 19.5 Å². The number of pyridine rings is 1. The molecule has 0 unspecified atom stereocenters. The summed E-state index contributed by atoms with van der Waals surface area (Å²) in [6, 6.07) is 1.30. The zero-order valence-electron chi connectivity index (χ0n) is 17.1. The van der Waals surface area contributed by atoms with Crippen LogP contribution >= 0.6 is 0 Å². The van der Waals surface area contributed by atoms with E-state index < -0.39 is 39.9 Å². The van der Waals surface area contributed by atoms with E-state index >= 15 is 0 Å². The number of esters is 1. The molecule has 2 rings (SSSR count). The van der Waals surface area contributed by atoms with Gasteiger partial charge in [-0.2, -0.15) is 4.31 Å². The maximum absolute atomic E-state index is 13.0. The fourth-order valence-electron chi connectivity index (χ4n) is 3.15. The number of methoxy groups -OCH3 is 2. The highest BCUT2D eigenvalue weighted by Crippen LogP contribution is 2.15. The van der Waals surface area contributed by atoms with E-state index in [0.717, 1.165) is 10.6 Å². The lowest BCUT2D eigenvalue weighted by atomic mass is 10.1. The molecule has 1 aromatic heterocycles. The first kappa shape index (κ1) is 23.7. The minimum Gasteiger partial charge on any atom is -0.467 e. The monoisotopic (exact) mass is 442 g/mol. The summed E-state index contributed by atoms with van der Waals surface area (Å²) in [4.78, 5) is 42.9. The third kappa shape index (κ3) is 6.21. The van der Waals surface area contributed by atoms with Gasteiger partial charge >= 0.3 is 5.97 Å². The summed E-state index contributed by atoms with van der Waals surface area (Å²) in [5.41, 5.74) is 0.696. The van der Waals surface area contributed by atoms with Gasteiger partial charge in [-0.1, -0.05) is 6.07 Å². The van der Waals surface area contributed by atoms with Crippen molar-refractivity contribution in [2.45, 2.75) is 18.5 Å². The summed E-state index contributed by atoms with van der Waals surface area (Å²) < 4.78 is 34.7. The number of nitrogens with one attached hydrogen (secondary N) is 1. The van der Waals surface area contributed by atoms with Gasteiger partial charge in [-0.25, -0.2) is 13.2 Å². The van der Waals surface area contributed by atoms with Gasteiger partial charge in [0, 0.05) is 45.6 Å². The summed E-state index contributed by atoms with van der Waals surface area (Å²) in [6.07, 6.45) is 4.30. The van der Waals surface area contributed by atoms with Crippen molar-refractivity contribution >= 4 is 27.8 Å². The molecule has 0 saturated carbocycles. The normalized spacial score (nSPS) is 18.5. The van der Waals surface area contributed by atoms with Gasteiger partial charge in [-0.15, -0.1) is 0 Å². The molecule has 0 bridgehead atoms. The highest BCUT2D eigenvalue weighted by molar-refractivity contribution is 7.88. The molecule has 1 saturated heterocycles. The molecular formula is C18H26N4O7S. The first-order chi connectivity index (χ1) is 14.2. The highest BCUT2D eigenvalue weighted by Gasteiger charge is 2.39. The van der Waals surface area contributed by atoms with Crippen LogP contribution in [0.1, 0.15) is 5.56 Å². The lowest BCUT2D eigenvalue weighted by Crippen LogP contribution is -2.63. The Kier molecular flexibility index (Phi) is 8.26. The molecule has 166 valence electrons. The minimum atomic E-state index is -3.57. The van der Waals surface area contributed by atoms with Crippen LogP contribution in [0.5, 0.6) is 0 Å². The Morgan fingerprint density at radius 3 is 2.60 bits per heavy atom. The van der Waals surface area contributed by atoms with Crippen molar-refractivity contribution in [2.75, 3.05) is 46.7 Å². The Labute approximate surface area is 175 Å². The van der Waals surface area contributed by atoms with Crippen LogP contribution in [0.15, 0.2) is 24.5 Å². The Morgan fingerprint density at radius 1 is 1.30 bits per heavy atom. The number of amides is 2. The maximum Gasteiger partial charge on any atom is 0.328 e. The molecule has 30 heavy (non-hydrogen) atoms. The van der Waals surface area contributed by atoms with E-state index in [1.165, 1.54) is 19.1 Å². The number of hydrogen-bond acceptors (Lipinski definition) is 8. The van der Waals surface area contributed by atoms with Crippen molar-refractivity contribution in [2.24, 2.45) is 0 Å². The first-order valence-corrected chi connectivity index (χ1v) is 11.0. The van der Waals surface area contributed by atoms with Crippen LogP contribution in [0.2, 0.25) is 0 Å². The molecule has 1 fully saturated rings. The molecule has 1 N–H and O–H groups in total. The molecule has 0 spiro atoms. The van der Waals surface area contributed by atoms with Gasteiger partial charge in [-0.05, 0) is 11.6 Å². The summed E-state index contributed by atoms with van der Waals surface area (Å²) in [5.74, 6) is -1.78. The van der Waals surface area contributed by atoms with Gasteiger partial charge in [-0.3, -0.25) is 14.6 Å². The third-order valence-corrected chi connectivity index (χ3v) is 5.94. The Hall–Kier alpha value is -2.57. The Balaban J connectivity index is 2.23. The molecule has 2 amide bonds. The maximum atomic E-state index is 13.0. The van der Waals surface area contributed by atoms with E-state index in [4.69, 9.17) is 9.47 Å². The fourth-order valence-corrected chi connectivity index (χ4v) is 3.97. The molecule has 1 aliphatic heterocycles. The van der Waals surface area contributed by atoms with Gasteiger partial charge in [0.1, 0.15) is 18.7 Å². The SMILES string of the molecule is COCC(=O)N1CCN(S(C)(=O)=O)C[C@H]1C(=O)N[C@H](Cc1cccnc1)C(=O)OC. The lowest BCUT2D eigenvalue weighted by Gasteiger charge is -2.39. The predicted molar refractivity (Wildman–Crippen MR) is 106 cm³/mol. The average Bonchev–Trinajstić information content (AvgIpc) is 2.72. The zero-order chi connectivity index (χ0) is 22.3. The molecule has 1 aromatic rings. The van der Waals surface area contributed by atoms with Crippen LogP contribution in [0, 0.1) is 0 Å². The van der Waals surface area contributed by atoms with Gasteiger partial charge in [0.05, 0.1) is 13.4 Å². The van der Waals surface area contributed by atoms with Gasteiger partial charge in [0.15, 0.2) is 0 Å². The van der Waals surface area contributed by atoms with E-state index in [1.807, 2.05) is 0 Å². The minimum absolute atomic E-state index is 0.0266. The molecule has 12 heteroatoms. The molecule has 1 aliphatic rings. The fraction of sp³-hybridized carbons (Fsp3) is 0.556. The Bertz CT molecular complexity index is 863. The zero-order valence-corrected chi connectivity index (χ0v) is 17.9. The highest BCUT2D eigenvalue weighted by atomic mass is 32.2. The quantitative estimate of drug-likeness (QED) is 0.476. The smallest absolute Gasteiger partial charge is 0.328 e. The summed E-state index contributed by atoms with van der Waals surface area (Å²) in [7, 11) is -1.02. The van der Waals surface area contributed by atoms with Crippen LogP contribution in [0.25, 0.3) is 0 Å². The van der Waals surface area contributed by atoms with E-state index in [-0.39, 0.29) is 32.7 Å². The molecule has 11 nitrogen and oxygen atoms in total. The molecule has 0 radical (unpaired) electrons. The van der Waals surface area contributed by atoms with E-state index in [1.54, 1.807) is 24.5 Å². The molecule has 2 heterocycles. The molecular weight excluding hydrogens is 416 g/mol. The topological polar surface area (TPSA) is 135 Å². The van der Waals surface area contributed by atoms with Gasteiger partial charge in [0.25, 0.3) is 0 Å². The van der Waals surface area contributed by atoms with Crippen LogP contribution in [0.4, 0.5) is 0 Å². The van der Waals surface area contributed by atoms with Crippen LogP contribution in [-0.4, -0.2) is 99.2 Å². The second kappa shape index (κ2) is 10.5. The number of hydrogen-bond donors (Lipinski definition) is 1.